The lowest BCUT2D eigenvalue weighted by Gasteiger charge is -2.06. The molecule has 0 aliphatic carbocycles. The lowest BCUT2D eigenvalue weighted by molar-refractivity contribution is 1.13. The second-order valence-corrected chi connectivity index (χ2v) is 5.53. The minimum Gasteiger partial charge on any atom is -0.368 e. The quantitative estimate of drug-likeness (QED) is 0.606. The summed E-state index contributed by atoms with van der Waals surface area (Å²) in [6.45, 7) is 1.93. The van der Waals surface area contributed by atoms with Crippen molar-refractivity contribution in [1.82, 2.24) is 24.3 Å². The van der Waals surface area contributed by atoms with Gasteiger partial charge in [0.2, 0.25) is 5.95 Å². The highest BCUT2D eigenvalue weighted by Gasteiger charge is 2.18. The summed E-state index contributed by atoms with van der Waals surface area (Å²) in [6, 6.07) is 13.2. The molecule has 7 heteroatoms. The molecule has 120 valence electrons. The molecule has 0 amide bonds. The van der Waals surface area contributed by atoms with E-state index in [9.17, 15) is 5.26 Å². The molecule has 0 aliphatic heterocycles. The van der Waals surface area contributed by atoms with Gasteiger partial charge in [-0.15, -0.1) is 0 Å². The van der Waals surface area contributed by atoms with Crippen LogP contribution in [-0.2, 0) is 0 Å². The van der Waals surface area contributed by atoms with Crippen molar-refractivity contribution in [2.75, 3.05) is 5.73 Å². The molecule has 4 rings (SSSR count). The van der Waals surface area contributed by atoms with E-state index >= 15 is 0 Å². The van der Waals surface area contributed by atoms with Crippen molar-refractivity contribution < 1.29 is 0 Å². The van der Waals surface area contributed by atoms with Crippen LogP contribution < -0.4 is 5.73 Å². The van der Waals surface area contributed by atoms with Gasteiger partial charge in [0.25, 0.3) is 0 Å². The highest BCUT2D eigenvalue weighted by molar-refractivity contribution is 5.79. The Morgan fingerprint density at radius 2 is 1.92 bits per heavy atom. The number of nitrogens with zero attached hydrogens (tertiary/aromatic N) is 6. The monoisotopic (exact) mass is 327 g/mol. The molecule has 0 saturated carbocycles. The van der Waals surface area contributed by atoms with E-state index in [0.29, 0.717) is 22.6 Å². The highest BCUT2D eigenvalue weighted by Crippen LogP contribution is 2.31. The second kappa shape index (κ2) is 5.69. The van der Waals surface area contributed by atoms with Crippen molar-refractivity contribution in [3.05, 3.63) is 60.0 Å². The van der Waals surface area contributed by atoms with Crippen LogP contribution in [0.25, 0.3) is 28.4 Å². The molecule has 2 N–H and O–H groups in total. The van der Waals surface area contributed by atoms with E-state index in [1.165, 1.54) is 0 Å². The van der Waals surface area contributed by atoms with Crippen LogP contribution in [0, 0.1) is 18.3 Å². The van der Waals surface area contributed by atoms with E-state index in [4.69, 9.17) is 10.7 Å². The van der Waals surface area contributed by atoms with E-state index in [1.807, 2.05) is 29.5 Å². The maximum absolute atomic E-state index is 9.22. The zero-order valence-electron chi connectivity index (χ0n) is 13.4. The molecule has 0 bridgehead atoms. The first-order chi connectivity index (χ1) is 12.2. The summed E-state index contributed by atoms with van der Waals surface area (Å²) < 4.78 is 1.83. The predicted molar refractivity (Wildman–Crippen MR) is 93.3 cm³/mol. The number of nitriles is 1. The molecule has 0 radical (unpaired) electrons. The van der Waals surface area contributed by atoms with Crippen LogP contribution in [-0.4, -0.2) is 24.3 Å². The van der Waals surface area contributed by atoms with Crippen molar-refractivity contribution in [3.8, 4) is 28.8 Å². The minimum atomic E-state index is 0.173. The summed E-state index contributed by atoms with van der Waals surface area (Å²) in [5, 5.41) is 9.22. The molecular weight excluding hydrogens is 314 g/mol. The molecule has 4 aromatic heterocycles. The molecule has 0 saturated heterocycles. The molecule has 0 unspecified atom stereocenters. The van der Waals surface area contributed by atoms with E-state index < -0.39 is 0 Å². The Kier molecular flexibility index (Phi) is 3.36. The number of pyridine rings is 2. The molecule has 0 aromatic carbocycles. The zero-order valence-corrected chi connectivity index (χ0v) is 13.4. The number of hydrogen-bond donors (Lipinski definition) is 1. The fourth-order valence-electron chi connectivity index (χ4n) is 2.71. The van der Waals surface area contributed by atoms with Crippen molar-refractivity contribution in [2.45, 2.75) is 6.92 Å². The summed E-state index contributed by atoms with van der Waals surface area (Å²) >= 11 is 0. The maximum atomic E-state index is 9.22. The molecule has 0 atom stereocenters. The third kappa shape index (κ3) is 2.56. The van der Waals surface area contributed by atoms with E-state index in [-0.39, 0.29) is 5.95 Å². The van der Waals surface area contributed by atoms with Crippen LogP contribution >= 0.6 is 0 Å². The SMILES string of the molecule is Cc1cccc(-c2nc3ccc(C#N)cn3c2-c2ccnc(N)n2)n1. The van der Waals surface area contributed by atoms with Gasteiger partial charge < -0.3 is 5.73 Å². The van der Waals surface area contributed by atoms with Crippen molar-refractivity contribution in [3.63, 3.8) is 0 Å². The first-order valence-corrected chi connectivity index (χ1v) is 7.61. The number of nitrogen functional groups attached to an aromatic ring is 1. The summed E-state index contributed by atoms with van der Waals surface area (Å²) in [5.41, 5.74) is 10.6. The number of imidazole rings is 1. The number of anilines is 1. The summed E-state index contributed by atoms with van der Waals surface area (Å²) in [6.07, 6.45) is 3.33. The Morgan fingerprint density at radius 1 is 1.04 bits per heavy atom. The second-order valence-electron chi connectivity index (χ2n) is 5.53. The van der Waals surface area contributed by atoms with Crippen LogP contribution in [0.2, 0.25) is 0 Å². The Bertz CT molecular complexity index is 1140. The lowest BCUT2D eigenvalue weighted by Crippen LogP contribution is -1.99. The average molecular weight is 327 g/mol. The molecule has 0 spiro atoms. The number of aryl methyl sites for hydroxylation is 1. The molecular formula is C18H13N7. The van der Waals surface area contributed by atoms with Crippen molar-refractivity contribution in [2.24, 2.45) is 0 Å². The average Bonchev–Trinajstić information content (AvgIpc) is 3.00. The van der Waals surface area contributed by atoms with Gasteiger partial charge in [-0.05, 0) is 37.3 Å². The Labute approximate surface area is 143 Å². The number of hydrogen-bond acceptors (Lipinski definition) is 6. The Morgan fingerprint density at radius 3 is 2.68 bits per heavy atom. The third-order valence-corrected chi connectivity index (χ3v) is 3.80. The van der Waals surface area contributed by atoms with Gasteiger partial charge in [0, 0.05) is 18.1 Å². The van der Waals surface area contributed by atoms with Crippen LogP contribution in [0.4, 0.5) is 5.95 Å². The molecule has 25 heavy (non-hydrogen) atoms. The van der Waals surface area contributed by atoms with Gasteiger partial charge >= 0.3 is 0 Å². The summed E-state index contributed by atoms with van der Waals surface area (Å²) in [4.78, 5) is 17.5. The van der Waals surface area contributed by atoms with E-state index in [2.05, 4.69) is 21.0 Å². The van der Waals surface area contributed by atoms with Crippen LogP contribution in [0.15, 0.2) is 48.8 Å². The molecule has 0 aliphatic rings. The maximum Gasteiger partial charge on any atom is 0.220 e. The fraction of sp³-hybridized carbons (Fsp3) is 0.0556. The summed E-state index contributed by atoms with van der Waals surface area (Å²) in [7, 11) is 0. The highest BCUT2D eigenvalue weighted by atomic mass is 15.1. The number of nitrogens with two attached hydrogens (primary N) is 1. The predicted octanol–water partition coefficient (Wildman–Crippen LogP) is 2.62. The van der Waals surface area contributed by atoms with Gasteiger partial charge in [0.05, 0.1) is 17.0 Å². The van der Waals surface area contributed by atoms with Gasteiger partial charge in [-0.1, -0.05) is 6.07 Å². The first kappa shape index (κ1) is 14.8. The van der Waals surface area contributed by atoms with Gasteiger partial charge in [-0.2, -0.15) is 5.26 Å². The third-order valence-electron chi connectivity index (χ3n) is 3.80. The summed E-state index contributed by atoms with van der Waals surface area (Å²) in [5.74, 6) is 0.173. The Hall–Kier alpha value is -3.79. The lowest BCUT2D eigenvalue weighted by atomic mass is 10.1. The zero-order chi connectivity index (χ0) is 17.4. The standard InChI is InChI=1S/C18H13N7/c1-11-3-2-4-13(22-11)16-17(14-7-8-21-18(20)23-14)25-10-12(9-19)5-6-15(25)24-16/h2-8,10H,1H3,(H2,20,21,23). The molecule has 4 heterocycles. The van der Waals surface area contributed by atoms with Crippen LogP contribution in [0.3, 0.4) is 0 Å². The van der Waals surface area contributed by atoms with Crippen LogP contribution in [0.5, 0.6) is 0 Å². The smallest absolute Gasteiger partial charge is 0.220 e. The minimum absolute atomic E-state index is 0.173. The van der Waals surface area contributed by atoms with Crippen LogP contribution in [0.1, 0.15) is 11.3 Å². The van der Waals surface area contributed by atoms with Gasteiger partial charge in [-0.25, -0.2) is 15.0 Å². The van der Waals surface area contributed by atoms with E-state index in [1.54, 1.807) is 30.6 Å². The number of fused-ring (bicyclic) bond motifs is 1. The largest absolute Gasteiger partial charge is 0.368 e. The number of aromatic nitrogens is 5. The van der Waals surface area contributed by atoms with Crippen molar-refractivity contribution in [1.29, 1.82) is 5.26 Å². The molecule has 7 nitrogen and oxygen atoms in total. The van der Waals surface area contributed by atoms with Crippen molar-refractivity contribution >= 4 is 11.6 Å². The first-order valence-electron chi connectivity index (χ1n) is 7.61. The van der Waals surface area contributed by atoms with Gasteiger partial charge in [0.1, 0.15) is 23.1 Å². The molecule has 4 aromatic rings. The number of rotatable bonds is 2. The van der Waals surface area contributed by atoms with Gasteiger partial charge in [0.15, 0.2) is 0 Å². The normalized spacial score (nSPS) is 10.7. The molecule has 0 fully saturated rings. The van der Waals surface area contributed by atoms with E-state index in [0.717, 1.165) is 17.1 Å². The Balaban J connectivity index is 2.09. The topological polar surface area (TPSA) is 106 Å². The fourth-order valence-corrected chi connectivity index (χ4v) is 2.71. The van der Waals surface area contributed by atoms with Gasteiger partial charge in [-0.3, -0.25) is 9.38 Å².